The van der Waals surface area contributed by atoms with Crippen LogP contribution in [0.25, 0.3) is 11.1 Å². The highest BCUT2D eigenvalue weighted by Crippen LogP contribution is 2.34. The Morgan fingerprint density at radius 2 is 1.67 bits per heavy atom. The van der Waals surface area contributed by atoms with E-state index in [4.69, 9.17) is 27.9 Å². The van der Waals surface area contributed by atoms with Crippen LogP contribution in [0, 0.1) is 0 Å². The molecule has 0 fully saturated rings. The molecule has 1 heterocycles. The van der Waals surface area contributed by atoms with Crippen molar-refractivity contribution in [2.24, 2.45) is 0 Å². The normalized spacial score (nSPS) is 12.4. The van der Waals surface area contributed by atoms with Crippen LogP contribution >= 0.6 is 23.2 Å². The third-order valence-electron chi connectivity index (χ3n) is 3.11. The van der Waals surface area contributed by atoms with Gasteiger partial charge in [-0.3, -0.25) is 0 Å². The second kappa shape index (κ2) is 7.74. The molecule has 112 valence electrons. The summed E-state index contributed by atoms with van der Waals surface area (Å²) >= 11 is 12.6. The molecule has 0 amide bonds. The Kier molecular flexibility index (Phi) is 5.97. The van der Waals surface area contributed by atoms with Crippen molar-refractivity contribution in [1.82, 2.24) is 9.97 Å². The standard InChI is InChI=1S/C16H18Cl2N2O/c1-3-8-12(21-4-2)16-19-14(17)13(15(18)20-16)11-9-6-5-7-10-11/h5-7,9-10,12H,3-4,8H2,1-2H3. The Morgan fingerprint density at radius 3 is 2.19 bits per heavy atom. The van der Waals surface area contributed by atoms with Crippen molar-refractivity contribution in [1.29, 1.82) is 0 Å². The molecule has 21 heavy (non-hydrogen) atoms. The predicted octanol–water partition coefficient (Wildman–Crippen LogP) is 5.33. The van der Waals surface area contributed by atoms with Gasteiger partial charge in [-0.15, -0.1) is 0 Å². The minimum atomic E-state index is -0.167. The Balaban J connectivity index is 2.41. The fourth-order valence-corrected chi connectivity index (χ4v) is 2.78. The second-order valence-corrected chi connectivity index (χ2v) is 5.35. The Bertz CT molecular complexity index is 561. The molecule has 0 aliphatic heterocycles. The van der Waals surface area contributed by atoms with Crippen LogP contribution in [0.5, 0.6) is 0 Å². The number of aromatic nitrogens is 2. The third-order valence-corrected chi connectivity index (χ3v) is 3.65. The molecule has 3 nitrogen and oxygen atoms in total. The van der Waals surface area contributed by atoms with Gasteiger partial charge in [-0.05, 0) is 18.9 Å². The lowest BCUT2D eigenvalue weighted by Crippen LogP contribution is -2.09. The van der Waals surface area contributed by atoms with Gasteiger partial charge in [0.25, 0.3) is 0 Å². The van der Waals surface area contributed by atoms with Gasteiger partial charge in [0.05, 0.1) is 5.56 Å². The van der Waals surface area contributed by atoms with Gasteiger partial charge in [-0.25, -0.2) is 9.97 Å². The van der Waals surface area contributed by atoms with E-state index in [1.807, 2.05) is 37.3 Å². The lowest BCUT2D eigenvalue weighted by Gasteiger charge is -2.16. The first-order chi connectivity index (χ1) is 10.2. The highest BCUT2D eigenvalue weighted by atomic mass is 35.5. The number of hydrogen-bond donors (Lipinski definition) is 0. The molecule has 0 spiro atoms. The van der Waals surface area contributed by atoms with Gasteiger partial charge < -0.3 is 4.74 Å². The molecule has 0 saturated carbocycles. The summed E-state index contributed by atoms with van der Waals surface area (Å²) in [6.07, 6.45) is 1.65. The van der Waals surface area contributed by atoms with Gasteiger partial charge in [-0.1, -0.05) is 66.9 Å². The quantitative estimate of drug-likeness (QED) is 0.674. The zero-order valence-corrected chi connectivity index (χ0v) is 13.7. The molecule has 0 N–H and O–H groups in total. The van der Waals surface area contributed by atoms with Crippen molar-refractivity contribution >= 4 is 23.2 Å². The molecule has 1 unspecified atom stereocenters. The van der Waals surface area contributed by atoms with Gasteiger partial charge in [0.1, 0.15) is 16.4 Å². The van der Waals surface area contributed by atoms with E-state index in [0.29, 0.717) is 28.3 Å². The van der Waals surface area contributed by atoms with E-state index >= 15 is 0 Å². The van der Waals surface area contributed by atoms with Gasteiger partial charge in [0.2, 0.25) is 0 Å². The van der Waals surface area contributed by atoms with E-state index in [2.05, 4.69) is 16.9 Å². The summed E-state index contributed by atoms with van der Waals surface area (Å²) in [5.41, 5.74) is 1.57. The summed E-state index contributed by atoms with van der Waals surface area (Å²) in [4.78, 5) is 8.79. The molecule has 1 aromatic heterocycles. The van der Waals surface area contributed by atoms with E-state index in [0.717, 1.165) is 18.4 Å². The monoisotopic (exact) mass is 324 g/mol. The first-order valence-electron chi connectivity index (χ1n) is 7.07. The maximum Gasteiger partial charge on any atom is 0.160 e. The van der Waals surface area contributed by atoms with Crippen LogP contribution in [-0.2, 0) is 4.74 Å². The summed E-state index contributed by atoms with van der Waals surface area (Å²) in [5.74, 6) is 0.549. The van der Waals surface area contributed by atoms with Crippen molar-refractivity contribution in [3.8, 4) is 11.1 Å². The molecule has 0 aliphatic carbocycles. The van der Waals surface area contributed by atoms with Crippen LogP contribution in [0.1, 0.15) is 38.6 Å². The van der Waals surface area contributed by atoms with Gasteiger partial charge in [0.15, 0.2) is 5.82 Å². The van der Waals surface area contributed by atoms with E-state index < -0.39 is 0 Å². The summed E-state index contributed by atoms with van der Waals surface area (Å²) < 4.78 is 5.68. The van der Waals surface area contributed by atoms with Crippen LogP contribution in [0.4, 0.5) is 0 Å². The molecular formula is C16H18Cl2N2O. The first-order valence-corrected chi connectivity index (χ1v) is 7.82. The Morgan fingerprint density at radius 1 is 1.05 bits per heavy atom. The van der Waals surface area contributed by atoms with Crippen LogP contribution in [0.3, 0.4) is 0 Å². The van der Waals surface area contributed by atoms with Crippen molar-refractivity contribution in [3.05, 3.63) is 46.5 Å². The predicted molar refractivity (Wildman–Crippen MR) is 86.8 cm³/mol. The highest BCUT2D eigenvalue weighted by Gasteiger charge is 2.19. The largest absolute Gasteiger partial charge is 0.371 e. The molecule has 0 bridgehead atoms. The van der Waals surface area contributed by atoms with Crippen LogP contribution in [0.2, 0.25) is 10.3 Å². The Hall–Kier alpha value is -1.16. The van der Waals surface area contributed by atoms with Gasteiger partial charge in [0, 0.05) is 6.61 Å². The third kappa shape index (κ3) is 3.94. The lowest BCUT2D eigenvalue weighted by molar-refractivity contribution is 0.0494. The zero-order valence-electron chi connectivity index (χ0n) is 12.1. The summed E-state index contributed by atoms with van der Waals surface area (Å²) in [7, 11) is 0. The molecule has 0 radical (unpaired) electrons. The number of hydrogen-bond acceptors (Lipinski definition) is 3. The van der Waals surface area contributed by atoms with E-state index in [-0.39, 0.29) is 6.10 Å². The van der Waals surface area contributed by atoms with Crippen molar-refractivity contribution in [3.63, 3.8) is 0 Å². The molecule has 1 atom stereocenters. The summed E-state index contributed by atoms with van der Waals surface area (Å²) in [6, 6.07) is 9.66. The number of ether oxygens (including phenoxy) is 1. The van der Waals surface area contributed by atoms with Gasteiger partial charge in [-0.2, -0.15) is 0 Å². The molecule has 2 aromatic rings. The minimum absolute atomic E-state index is 0.167. The average molecular weight is 325 g/mol. The molecule has 2 rings (SSSR count). The van der Waals surface area contributed by atoms with Crippen molar-refractivity contribution in [2.75, 3.05) is 6.61 Å². The van der Waals surface area contributed by atoms with E-state index in [1.165, 1.54) is 0 Å². The average Bonchev–Trinajstić information content (AvgIpc) is 2.47. The highest BCUT2D eigenvalue weighted by molar-refractivity contribution is 6.37. The SMILES string of the molecule is CCCC(OCC)c1nc(Cl)c(-c2ccccc2)c(Cl)n1. The maximum atomic E-state index is 6.32. The molecule has 0 aliphatic rings. The van der Waals surface area contributed by atoms with Crippen LogP contribution in [-0.4, -0.2) is 16.6 Å². The second-order valence-electron chi connectivity index (χ2n) is 4.64. The first kappa shape index (κ1) is 16.2. The summed E-state index contributed by atoms with van der Waals surface area (Å²) in [5, 5.41) is 0.717. The van der Waals surface area contributed by atoms with E-state index in [9.17, 15) is 0 Å². The van der Waals surface area contributed by atoms with E-state index in [1.54, 1.807) is 0 Å². The molecule has 1 aromatic carbocycles. The molecular weight excluding hydrogens is 307 g/mol. The smallest absolute Gasteiger partial charge is 0.160 e. The van der Waals surface area contributed by atoms with Gasteiger partial charge >= 0.3 is 0 Å². The topological polar surface area (TPSA) is 35.0 Å². The van der Waals surface area contributed by atoms with Crippen molar-refractivity contribution in [2.45, 2.75) is 32.8 Å². The summed E-state index contributed by atoms with van der Waals surface area (Å²) in [6.45, 7) is 4.64. The van der Waals surface area contributed by atoms with Crippen LogP contribution in [0.15, 0.2) is 30.3 Å². The van der Waals surface area contributed by atoms with Crippen LogP contribution < -0.4 is 0 Å². The fraction of sp³-hybridized carbons (Fsp3) is 0.375. The van der Waals surface area contributed by atoms with Crippen molar-refractivity contribution < 1.29 is 4.74 Å². The molecule has 0 saturated heterocycles. The zero-order chi connectivity index (χ0) is 15.2. The molecule has 5 heteroatoms. The number of nitrogens with zero attached hydrogens (tertiary/aromatic N) is 2. The number of benzene rings is 1. The maximum absolute atomic E-state index is 6.32. The lowest BCUT2D eigenvalue weighted by atomic mass is 10.1. The Labute approximate surface area is 135 Å². The number of halogens is 2. The minimum Gasteiger partial charge on any atom is -0.371 e. The number of rotatable bonds is 6. The fourth-order valence-electron chi connectivity index (χ4n) is 2.16.